The molecular weight excluding hydrogens is 272 g/mol. The predicted molar refractivity (Wildman–Crippen MR) is 73.6 cm³/mol. The monoisotopic (exact) mass is 290 g/mol. The molecule has 1 amide bonds. The number of aromatic nitrogens is 1. The van der Waals surface area contributed by atoms with E-state index in [-0.39, 0.29) is 17.7 Å². The highest BCUT2D eigenvalue weighted by Crippen LogP contribution is 2.25. The number of hydrogen-bond acceptors (Lipinski definition) is 4. The number of carbonyl (C=O) groups is 2. The third-order valence-corrected chi connectivity index (χ3v) is 4.26. The summed E-state index contributed by atoms with van der Waals surface area (Å²) < 4.78 is 5.17. The average Bonchev–Trinajstić information content (AvgIpc) is 3.10. The maximum Gasteiger partial charge on any atom is 0.333 e. The summed E-state index contributed by atoms with van der Waals surface area (Å²) in [6, 6.07) is 3.88. The lowest BCUT2D eigenvalue weighted by atomic mass is 10.0. The quantitative estimate of drug-likeness (QED) is 0.838. The van der Waals surface area contributed by atoms with E-state index in [2.05, 4.69) is 10.3 Å². The molecule has 1 unspecified atom stereocenters. The first-order chi connectivity index (χ1) is 10.1. The number of rotatable bonds is 4. The zero-order chi connectivity index (χ0) is 14.8. The molecule has 1 fully saturated rings. The zero-order valence-corrected chi connectivity index (χ0v) is 11.6. The lowest BCUT2D eigenvalue weighted by Crippen LogP contribution is -2.39. The summed E-state index contributed by atoms with van der Waals surface area (Å²) in [6.07, 6.45) is 2.98. The first kappa shape index (κ1) is 14.0. The van der Waals surface area contributed by atoms with E-state index in [0.29, 0.717) is 32.4 Å². The van der Waals surface area contributed by atoms with Crippen molar-refractivity contribution in [1.82, 2.24) is 10.3 Å². The number of aliphatic carboxylic acids is 1. The van der Waals surface area contributed by atoms with Gasteiger partial charge in [0.2, 0.25) is 5.91 Å². The summed E-state index contributed by atoms with van der Waals surface area (Å²) in [4.78, 5) is 27.5. The van der Waals surface area contributed by atoms with Crippen molar-refractivity contribution in [2.24, 2.45) is 11.8 Å². The molecule has 1 aliphatic heterocycles. The average molecular weight is 290 g/mol. The van der Waals surface area contributed by atoms with Crippen molar-refractivity contribution < 1.29 is 19.4 Å². The number of nitrogens with zero attached hydrogens (tertiary/aromatic N) is 1. The minimum Gasteiger partial charge on any atom is -0.479 e. The van der Waals surface area contributed by atoms with Gasteiger partial charge in [-0.1, -0.05) is 6.07 Å². The Labute approximate surface area is 122 Å². The van der Waals surface area contributed by atoms with Gasteiger partial charge in [0, 0.05) is 43.3 Å². The van der Waals surface area contributed by atoms with E-state index in [9.17, 15) is 9.59 Å². The zero-order valence-electron chi connectivity index (χ0n) is 11.6. The van der Waals surface area contributed by atoms with Crippen molar-refractivity contribution in [3.8, 4) is 0 Å². The molecule has 0 spiro atoms. The van der Waals surface area contributed by atoms with Gasteiger partial charge < -0.3 is 15.2 Å². The fraction of sp³-hybridized carbons (Fsp3) is 0.533. The molecule has 0 radical (unpaired) electrons. The van der Waals surface area contributed by atoms with Crippen LogP contribution in [0, 0.1) is 11.8 Å². The number of carboxylic acid groups (broad SMARTS) is 1. The van der Waals surface area contributed by atoms with Gasteiger partial charge in [-0.05, 0) is 24.5 Å². The van der Waals surface area contributed by atoms with Crippen LogP contribution in [0.1, 0.15) is 17.7 Å². The number of carboxylic acids is 1. The van der Waals surface area contributed by atoms with Crippen LogP contribution in [0.5, 0.6) is 0 Å². The molecule has 3 rings (SSSR count). The largest absolute Gasteiger partial charge is 0.479 e. The lowest BCUT2D eigenvalue weighted by Gasteiger charge is -2.16. The van der Waals surface area contributed by atoms with Crippen LogP contribution >= 0.6 is 0 Å². The Hall–Kier alpha value is -1.95. The maximum atomic E-state index is 12.2. The minimum atomic E-state index is -0.954. The lowest BCUT2D eigenvalue weighted by molar-refractivity contribution is -0.149. The van der Waals surface area contributed by atoms with Gasteiger partial charge in [0.1, 0.15) is 0 Å². The highest BCUT2D eigenvalue weighted by molar-refractivity contribution is 5.80. The first-order valence-corrected chi connectivity index (χ1v) is 7.20. The van der Waals surface area contributed by atoms with Crippen LogP contribution in [0.3, 0.4) is 0 Å². The molecule has 1 saturated heterocycles. The number of nitrogens with one attached hydrogen (secondary N) is 1. The highest BCUT2D eigenvalue weighted by Gasteiger charge is 2.35. The number of fused-ring (bicyclic) bond motifs is 1. The van der Waals surface area contributed by atoms with Crippen LogP contribution in [-0.2, 0) is 27.2 Å². The molecule has 0 saturated carbocycles. The van der Waals surface area contributed by atoms with Gasteiger partial charge in [-0.2, -0.15) is 0 Å². The second-order valence-electron chi connectivity index (χ2n) is 5.64. The van der Waals surface area contributed by atoms with E-state index >= 15 is 0 Å². The third kappa shape index (κ3) is 2.90. The highest BCUT2D eigenvalue weighted by atomic mass is 16.5. The molecule has 2 aliphatic rings. The summed E-state index contributed by atoms with van der Waals surface area (Å²) in [5, 5.41) is 11.9. The molecule has 1 aromatic rings. The van der Waals surface area contributed by atoms with E-state index in [4.69, 9.17) is 9.84 Å². The number of amides is 1. The molecule has 1 aromatic heterocycles. The van der Waals surface area contributed by atoms with Crippen LogP contribution in [0.4, 0.5) is 0 Å². The summed E-state index contributed by atoms with van der Waals surface area (Å²) in [5.74, 6) is -1.22. The second kappa shape index (κ2) is 5.81. The fourth-order valence-corrected chi connectivity index (χ4v) is 3.09. The number of carbonyl (C=O) groups excluding carboxylic acids is 1. The molecule has 0 bridgehead atoms. The Kier molecular flexibility index (Phi) is 3.88. The molecule has 112 valence electrons. The van der Waals surface area contributed by atoms with Gasteiger partial charge in [-0.3, -0.25) is 9.78 Å². The van der Waals surface area contributed by atoms with E-state index in [1.165, 1.54) is 0 Å². The molecule has 2 heterocycles. The number of hydrogen-bond donors (Lipinski definition) is 2. The number of ether oxygens (including phenoxy) is 1. The van der Waals surface area contributed by atoms with Crippen molar-refractivity contribution in [2.45, 2.75) is 25.4 Å². The molecule has 0 aromatic carbocycles. The third-order valence-electron chi connectivity index (χ3n) is 4.26. The van der Waals surface area contributed by atoms with Crippen molar-refractivity contribution in [3.63, 3.8) is 0 Å². The standard InChI is InChI=1S/C15H18N2O4/c18-14(11-6-9-2-1-4-16-12(9)7-11)17-8-10-3-5-21-13(10)15(19)20/h1-2,4,10-11,13H,3,5-8H2,(H,17,18)(H,19,20)/t10-,11?,13-/m1/s1. The summed E-state index contributed by atoms with van der Waals surface area (Å²) in [7, 11) is 0. The van der Waals surface area contributed by atoms with E-state index < -0.39 is 12.1 Å². The Morgan fingerprint density at radius 1 is 1.43 bits per heavy atom. The molecule has 3 atom stereocenters. The predicted octanol–water partition coefficient (Wildman–Crippen LogP) is 0.402. The SMILES string of the molecule is O=C(NC[C@H]1CCO[C@H]1C(=O)O)C1Cc2cccnc2C1. The Bertz CT molecular complexity index is 535. The van der Waals surface area contributed by atoms with Crippen molar-refractivity contribution >= 4 is 11.9 Å². The van der Waals surface area contributed by atoms with E-state index in [0.717, 1.165) is 11.3 Å². The van der Waals surface area contributed by atoms with Crippen LogP contribution in [0.25, 0.3) is 0 Å². The van der Waals surface area contributed by atoms with Gasteiger partial charge in [0.25, 0.3) is 0 Å². The molecule has 6 heteroatoms. The molecule has 6 nitrogen and oxygen atoms in total. The Morgan fingerprint density at radius 2 is 2.29 bits per heavy atom. The van der Waals surface area contributed by atoms with E-state index in [1.54, 1.807) is 6.20 Å². The molecule has 1 aliphatic carbocycles. The normalized spacial score (nSPS) is 27.3. The second-order valence-corrected chi connectivity index (χ2v) is 5.64. The number of pyridine rings is 1. The summed E-state index contributed by atoms with van der Waals surface area (Å²) in [6.45, 7) is 0.798. The topological polar surface area (TPSA) is 88.5 Å². The Balaban J connectivity index is 1.53. The van der Waals surface area contributed by atoms with Crippen LogP contribution in [-0.4, -0.2) is 41.2 Å². The summed E-state index contributed by atoms with van der Waals surface area (Å²) >= 11 is 0. The van der Waals surface area contributed by atoms with Gasteiger partial charge in [-0.15, -0.1) is 0 Å². The van der Waals surface area contributed by atoms with Crippen molar-refractivity contribution in [2.75, 3.05) is 13.2 Å². The van der Waals surface area contributed by atoms with Crippen LogP contribution in [0.15, 0.2) is 18.3 Å². The van der Waals surface area contributed by atoms with Gasteiger partial charge >= 0.3 is 5.97 Å². The van der Waals surface area contributed by atoms with Crippen molar-refractivity contribution in [3.05, 3.63) is 29.6 Å². The minimum absolute atomic E-state index is 0.0240. The fourth-order valence-electron chi connectivity index (χ4n) is 3.09. The Morgan fingerprint density at radius 3 is 3.05 bits per heavy atom. The van der Waals surface area contributed by atoms with Crippen LogP contribution < -0.4 is 5.32 Å². The molecule has 21 heavy (non-hydrogen) atoms. The first-order valence-electron chi connectivity index (χ1n) is 7.20. The summed E-state index contributed by atoms with van der Waals surface area (Å²) in [5.41, 5.74) is 2.12. The maximum absolute atomic E-state index is 12.2. The van der Waals surface area contributed by atoms with Gasteiger partial charge in [0.15, 0.2) is 6.10 Å². The smallest absolute Gasteiger partial charge is 0.333 e. The van der Waals surface area contributed by atoms with Crippen molar-refractivity contribution in [1.29, 1.82) is 0 Å². The van der Waals surface area contributed by atoms with Gasteiger partial charge in [-0.25, -0.2) is 4.79 Å². The van der Waals surface area contributed by atoms with E-state index in [1.807, 2.05) is 12.1 Å². The van der Waals surface area contributed by atoms with Crippen LogP contribution in [0.2, 0.25) is 0 Å². The molecule has 2 N–H and O–H groups in total. The molecular formula is C15H18N2O4. The van der Waals surface area contributed by atoms with Gasteiger partial charge in [0.05, 0.1) is 0 Å².